The number of hydrogen-bond acceptors (Lipinski definition) is 6. The lowest BCUT2D eigenvalue weighted by Crippen LogP contribution is -2.45. The first-order chi connectivity index (χ1) is 11.4. The third-order valence-corrected chi connectivity index (χ3v) is 4.58. The molecule has 2 fully saturated rings. The van der Waals surface area contributed by atoms with Crippen molar-refractivity contribution in [3.05, 3.63) is 41.8 Å². The SMILES string of the molecule is c1ccc(CN[C@@H]2CCCN(Cc3noc(C4CC4)n3)C2)nc1. The highest BCUT2D eigenvalue weighted by Gasteiger charge is 2.30. The molecular weight excluding hydrogens is 290 g/mol. The predicted octanol–water partition coefficient (Wildman–Crippen LogP) is 2.10. The van der Waals surface area contributed by atoms with Crippen LogP contribution in [0.5, 0.6) is 0 Å². The highest BCUT2D eigenvalue weighted by molar-refractivity contribution is 5.04. The van der Waals surface area contributed by atoms with E-state index in [0.717, 1.165) is 43.6 Å². The second kappa shape index (κ2) is 6.76. The van der Waals surface area contributed by atoms with Gasteiger partial charge in [-0.3, -0.25) is 9.88 Å². The molecule has 4 rings (SSSR count). The molecule has 0 amide bonds. The molecule has 1 N–H and O–H groups in total. The van der Waals surface area contributed by atoms with Crippen molar-refractivity contribution in [1.82, 2.24) is 25.3 Å². The summed E-state index contributed by atoms with van der Waals surface area (Å²) < 4.78 is 5.35. The minimum Gasteiger partial charge on any atom is -0.339 e. The first-order valence-corrected chi connectivity index (χ1v) is 8.55. The summed E-state index contributed by atoms with van der Waals surface area (Å²) in [7, 11) is 0. The van der Waals surface area contributed by atoms with E-state index in [1.807, 2.05) is 18.3 Å². The molecule has 0 radical (unpaired) electrons. The molecule has 1 saturated heterocycles. The number of hydrogen-bond donors (Lipinski definition) is 1. The lowest BCUT2D eigenvalue weighted by atomic mass is 10.1. The Hall–Kier alpha value is -1.79. The van der Waals surface area contributed by atoms with Crippen molar-refractivity contribution in [3.63, 3.8) is 0 Å². The Kier molecular flexibility index (Phi) is 4.35. The van der Waals surface area contributed by atoms with Gasteiger partial charge in [0.2, 0.25) is 5.89 Å². The fraction of sp³-hybridized carbons (Fsp3) is 0.588. The highest BCUT2D eigenvalue weighted by Crippen LogP contribution is 2.38. The molecule has 0 bridgehead atoms. The van der Waals surface area contributed by atoms with Crippen LogP contribution in [0.2, 0.25) is 0 Å². The number of likely N-dealkylation sites (tertiary alicyclic amines) is 1. The quantitative estimate of drug-likeness (QED) is 0.881. The van der Waals surface area contributed by atoms with Crippen LogP contribution >= 0.6 is 0 Å². The van der Waals surface area contributed by atoms with Crippen LogP contribution in [0.25, 0.3) is 0 Å². The van der Waals surface area contributed by atoms with Crippen LogP contribution in [0.3, 0.4) is 0 Å². The number of piperidine rings is 1. The Morgan fingerprint density at radius 2 is 2.22 bits per heavy atom. The van der Waals surface area contributed by atoms with Crippen molar-refractivity contribution in [2.24, 2.45) is 0 Å². The van der Waals surface area contributed by atoms with Gasteiger partial charge < -0.3 is 9.84 Å². The fourth-order valence-electron chi connectivity index (χ4n) is 3.15. The highest BCUT2D eigenvalue weighted by atomic mass is 16.5. The zero-order valence-electron chi connectivity index (χ0n) is 13.3. The Labute approximate surface area is 136 Å². The van der Waals surface area contributed by atoms with E-state index >= 15 is 0 Å². The number of rotatable bonds is 6. The summed E-state index contributed by atoms with van der Waals surface area (Å²) in [6, 6.07) is 6.55. The van der Waals surface area contributed by atoms with Crippen molar-refractivity contribution in [3.8, 4) is 0 Å². The van der Waals surface area contributed by atoms with Crippen LogP contribution in [-0.2, 0) is 13.1 Å². The standard InChI is InChI=1S/C17H23N5O/c1-2-8-18-14(4-1)10-19-15-5-3-9-22(11-15)12-16-20-17(23-21-16)13-6-7-13/h1-2,4,8,13,15,19H,3,5-7,9-12H2/t15-/m1/s1. The molecule has 6 heteroatoms. The monoisotopic (exact) mass is 313 g/mol. The normalized spacial score (nSPS) is 22.3. The van der Waals surface area contributed by atoms with Gasteiger partial charge in [0.1, 0.15) is 0 Å². The molecule has 0 unspecified atom stereocenters. The Morgan fingerprint density at radius 1 is 1.26 bits per heavy atom. The van der Waals surface area contributed by atoms with Crippen LogP contribution in [0.4, 0.5) is 0 Å². The molecule has 6 nitrogen and oxygen atoms in total. The Bertz CT molecular complexity index is 625. The van der Waals surface area contributed by atoms with E-state index < -0.39 is 0 Å². The van der Waals surface area contributed by atoms with E-state index in [4.69, 9.17) is 4.52 Å². The van der Waals surface area contributed by atoms with Crippen LogP contribution < -0.4 is 5.32 Å². The molecule has 2 aromatic heterocycles. The summed E-state index contributed by atoms with van der Waals surface area (Å²) in [6.45, 7) is 3.75. The van der Waals surface area contributed by atoms with Crippen molar-refractivity contribution in [1.29, 1.82) is 0 Å². The fourth-order valence-corrected chi connectivity index (χ4v) is 3.15. The molecule has 122 valence electrons. The molecule has 1 saturated carbocycles. The summed E-state index contributed by atoms with van der Waals surface area (Å²) in [5.74, 6) is 2.20. The van der Waals surface area contributed by atoms with E-state index in [-0.39, 0.29) is 0 Å². The maximum Gasteiger partial charge on any atom is 0.229 e. The zero-order chi connectivity index (χ0) is 15.5. The Balaban J connectivity index is 1.28. The smallest absolute Gasteiger partial charge is 0.229 e. The topological polar surface area (TPSA) is 67.1 Å². The van der Waals surface area contributed by atoms with Crippen molar-refractivity contribution in [2.45, 2.75) is 50.7 Å². The Morgan fingerprint density at radius 3 is 3.04 bits per heavy atom. The van der Waals surface area contributed by atoms with Gasteiger partial charge in [0.25, 0.3) is 0 Å². The van der Waals surface area contributed by atoms with E-state index in [0.29, 0.717) is 12.0 Å². The average Bonchev–Trinajstić information content (AvgIpc) is 3.34. The third-order valence-electron chi connectivity index (χ3n) is 4.58. The molecule has 1 atom stereocenters. The van der Waals surface area contributed by atoms with Gasteiger partial charge in [-0.25, -0.2) is 0 Å². The van der Waals surface area contributed by atoms with Crippen molar-refractivity contribution < 1.29 is 4.52 Å². The summed E-state index contributed by atoms with van der Waals surface area (Å²) >= 11 is 0. The van der Waals surface area contributed by atoms with Crippen molar-refractivity contribution in [2.75, 3.05) is 13.1 Å². The van der Waals surface area contributed by atoms with E-state index in [1.54, 1.807) is 0 Å². The van der Waals surface area contributed by atoms with Gasteiger partial charge in [-0.15, -0.1) is 0 Å². The second-order valence-corrected chi connectivity index (χ2v) is 6.60. The zero-order valence-corrected chi connectivity index (χ0v) is 13.3. The minimum atomic E-state index is 0.501. The molecule has 1 aliphatic heterocycles. The minimum absolute atomic E-state index is 0.501. The molecule has 0 spiro atoms. The van der Waals surface area contributed by atoms with Crippen LogP contribution in [0, 0.1) is 0 Å². The lowest BCUT2D eigenvalue weighted by molar-refractivity contribution is 0.177. The summed E-state index contributed by atoms with van der Waals surface area (Å²) in [5, 5.41) is 7.75. The van der Waals surface area contributed by atoms with Crippen LogP contribution in [0.1, 0.15) is 49.0 Å². The third kappa shape index (κ3) is 3.95. The number of pyridine rings is 1. The summed E-state index contributed by atoms with van der Waals surface area (Å²) in [6.07, 6.45) is 6.66. The lowest BCUT2D eigenvalue weighted by Gasteiger charge is -2.32. The van der Waals surface area contributed by atoms with Crippen LogP contribution in [-0.4, -0.2) is 39.2 Å². The largest absolute Gasteiger partial charge is 0.339 e. The molecule has 2 aromatic rings. The molecule has 2 aliphatic rings. The van der Waals surface area contributed by atoms with Gasteiger partial charge in [-0.2, -0.15) is 4.98 Å². The predicted molar refractivity (Wildman–Crippen MR) is 85.6 cm³/mol. The molecule has 3 heterocycles. The first kappa shape index (κ1) is 14.8. The molecule has 23 heavy (non-hydrogen) atoms. The summed E-state index contributed by atoms with van der Waals surface area (Å²) in [4.78, 5) is 11.3. The maximum atomic E-state index is 5.35. The molecule has 1 aliphatic carbocycles. The van der Waals surface area contributed by atoms with Gasteiger partial charge in [-0.05, 0) is 44.4 Å². The summed E-state index contributed by atoms with van der Waals surface area (Å²) in [5.41, 5.74) is 1.09. The van der Waals surface area contributed by atoms with Crippen LogP contribution in [0.15, 0.2) is 28.9 Å². The van der Waals surface area contributed by atoms with E-state index in [1.165, 1.54) is 25.7 Å². The molecular formula is C17H23N5O. The van der Waals surface area contributed by atoms with Gasteiger partial charge in [-0.1, -0.05) is 11.2 Å². The number of nitrogens with zero attached hydrogens (tertiary/aromatic N) is 4. The van der Waals surface area contributed by atoms with E-state index in [9.17, 15) is 0 Å². The van der Waals surface area contributed by atoms with Crippen molar-refractivity contribution >= 4 is 0 Å². The van der Waals surface area contributed by atoms with Gasteiger partial charge in [0.05, 0.1) is 12.2 Å². The number of aromatic nitrogens is 3. The maximum absolute atomic E-state index is 5.35. The van der Waals surface area contributed by atoms with E-state index in [2.05, 4.69) is 31.4 Å². The van der Waals surface area contributed by atoms with Gasteiger partial charge >= 0.3 is 0 Å². The molecule has 0 aromatic carbocycles. The van der Waals surface area contributed by atoms with Gasteiger partial charge in [0.15, 0.2) is 5.82 Å². The van der Waals surface area contributed by atoms with Gasteiger partial charge in [0, 0.05) is 31.2 Å². The number of nitrogens with one attached hydrogen (secondary N) is 1. The first-order valence-electron chi connectivity index (χ1n) is 8.55. The second-order valence-electron chi connectivity index (χ2n) is 6.60. The average molecular weight is 313 g/mol.